The van der Waals surface area contributed by atoms with E-state index in [0.29, 0.717) is 5.56 Å². The number of hydrogen-bond acceptors (Lipinski definition) is 4. The second-order valence-corrected chi connectivity index (χ2v) is 8.12. The molecule has 1 unspecified atom stereocenters. The molecule has 1 aliphatic heterocycles. The Morgan fingerprint density at radius 1 is 1.14 bits per heavy atom. The first-order chi connectivity index (χ1) is 12.9. The number of oxime groups is 1. The molecule has 28 heavy (non-hydrogen) atoms. The molecule has 1 aliphatic carbocycles. The Kier molecular flexibility index (Phi) is 7.47. The molecule has 154 valence electrons. The molecule has 2 N–H and O–H groups in total. The fraction of sp³-hybridized carbons (Fsp3) is 0.571. The maximum absolute atomic E-state index is 12.7. The van der Waals surface area contributed by atoms with E-state index in [1.807, 2.05) is 11.8 Å². The van der Waals surface area contributed by atoms with Crippen molar-refractivity contribution in [2.75, 3.05) is 13.1 Å². The van der Waals surface area contributed by atoms with E-state index in [4.69, 9.17) is 5.21 Å². The topological polar surface area (TPSA) is 90.2 Å². The highest BCUT2D eigenvalue weighted by Crippen LogP contribution is 2.47. The molecule has 2 aliphatic rings. The standard InChI is InChI=1S/C21H28N2O4.ClH/c1-15(20(25)26)17-6-8-21(9-7-17)10-12-23(13-11-21)19(24)18-4-2-16(3-5-18)14-22-27;/h2-5,14-15,17,27H,6-13H2,1H3,(H,25,26);1H. The number of carboxylic acid groups (broad SMARTS) is 1. The highest BCUT2D eigenvalue weighted by Gasteiger charge is 2.40. The summed E-state index contributed by atoms with van der Waals surface area (Å²) in [7, 11) is 0. The van der Waals surface area contributed by atoms with E-state index in [2.05, 4.69) is 5.16 Å². The van der Waals surface area contributed by atoms with Crippen LogP contribution in [0.15, 0.2) is 29.4 Å². The van der Waals surface area contributed by atoms with Gasteiger partial charge in [0.25, 0.3) is 5.91 Å². The van der Waals surface area contributed by atoms with Gasteiger partial charge in [0.05, 0.1) is 12.1 Å². The van der Waals surface area contributed by atoms with Gasteiger partial charge >= 0.3 is 5.97 Å². The number of benzene rings is 1. The molecule has 1 heterocycles. The fourth-order valence-electron chi connectivity index (χ4n) is 4.60. The molecule has 1 saturated carbocycles. The molecule has 2 fully saturated rings. The Hall–Kier alpha value is -2.08. The Bertz CT molecular complexity index is 702. The van der Waals surface area contributed by atoms with E-state index in [1.165, 1.54) is 6.21 Å². The third-order valence-electron chi connectivity index (χ3n) is 6.66. The summed E-state index contributed by atoms with van der Waals surface area (Å²) >= 11 is 0. The minimum Gasteiger partial charge on any atom is -0.481 e. The van der Waals surface area contributed by atoms with Crippen LogP contribution in [0.4, 0.5) is 0 Å². The predicted octanol–water partition coefficient (Wildman–Crippen LogP) is 4.05. The molecule has 0 bridgehead atoms. The van der Waals surface area contributed by atoms with Gasteiger partial charge in [0, 0.05) is 18.7 Å². The summed E-state index contributed by atoms with van der Waals surface area (Å²) in [4.78, 5) is 25.9. The summed E-state index contributed by atoms with van der Waals surface area (Å²) in [5.74, 6) is -0.616. The quantitative estimate of drug-likeness (QED) is 0.446. The maximum atomic E-state index is 12.7. The first kappa shape index (κ1) is 22.2. The normalized spacial score (nSPS) is 20.7. The molecular formula is C21H29ClN2O4. The molecule has 3 rings (SSSR count). The van der Waals surface area contributed by atoms with Gasteiger partial charge in [-0.05, 0) is 67.6 Å². The van der Waals surface area contributed by atoms with Gasteiger partial charge in [0.15, 0.2) is 0 Å². The van der Waals surface area contributed by atoms with Crippen LogP contribution >= 0.6 is 12.4 Å². The minimum atomic E-state index is -0.687. The Morgan fingerprint density at radius 3 is 2.21 bits per heavy atom. The van der Waals surface area contributed by atoms with E-state index >= 15 is 0 Å². The number of rotatable bonds is 4. The van der Waals surface area contributed by atoms with Gasteiger partial charge in [-0.25, -0.2) is 0 Å². The van der Waals surface area contributed by atoms with Crippen LogP contribution in [0, 0.1) is 17.3 Å². The number of likely N-dealkylation sites (tertiary alicyclic amines) is 1. The first-order valence-electron chi connectivity index (χ1n) is 9.74. The van der Waals surface area contributed by atoms with Crippen molar-refractivity contribution < 1.29 is 19.9 Å². The third kappa shape index (κ3) is 4.85. The van der Waals surface area contributed by atoms with Crippen molar-refractivity contribution in [3.8, 4) is 0 Å². The second-order valence-electron chi connectivity index (χ2n) is 8.12. The molecule has 6 nitrogen and oxygen atoms in total. The van der Waals surface area contributed by atoms with Crippen molar-refractivity contribution in [1.29, 1.82) is 0 Å². The van der Waals surface area contributed by atoms with Crippen LogP contribution in [-0.2, 0) is 4.79 Å². The molecular weight excluding hydrogens is 380 g/mol. The SMILES string of the molecule is CC(C(=O)O)C1CCC2(CC1)CCN(C(=O)c1ccc(C=NO)cc1)CC2.Cl. The van der Waals surface area contributed by atoms with Crippen LogP contribution in [0.2, 0.25) is 0 Å². The van der Waals surface area contributed by atoms with E-state index in [9.17, 15) is 14.7 Å². The summed E-state index contributed by atoms with van der Waals surface area (Å²) in [5, 5.41) is 20.8. The molecule has 7 heteroatoms. The molecule has 1 atom stereocenters. The minimum absolute atomic E-state index is 0. The number of carboxylic acids is 1. The number of aliphatic carboxylic acids is 1. The van der Waals surface area contributed by atoms with Gasteiger partial charge in [-0.2, -0.15) is 0 Å². The lowest BCUT2D eigenvalue weighted by Crippen LogP contribution is -2.45. The average molecular weight is 409 g/mol. The van der Waals surface area contributed by atoms with E-state index < -0.39 is 5.97 Å². The van der Waals surface area contributed by atoms with Crippen molar-refractivity contribution >= 4 is 30.5 Å². The number of carbonyl (C=O) groups excluding carboxylic acids is 1. The van der Waals surface area contributed by atoms with Crippen LogP contribution in [0.3, 0.4) is 0 Å². The van der Waals surface area contributed by atoms with Crippen LogP contribution in [0.1, 0.15) is 61.4 Å². The van der Waals surface area contributed by atoms with Gasteiger partial charge in [-0.1, -0.05) is 24.2 Å². The van der Waals surface area contributed by atoms with Gasteiger partial charge in [-0.3, -0.25) is 9.59 Å². The third-order valence-corrected chi connectivity index (χ3v) is 6.66. The lowest BCUT2D eigenvalue weighted by molar-refractivity contribution is -0.143. The Morgan fingerprint density at radius 2 is 1.71 bits per heavy atom. The van der Waals surface area contributed by atoms with Crippen molar-refractivity contribution in [2.24, 2.45) is 22.4 Å². The predicted molar refractivity (Wildman–Crippen MR) is 109 cm³/mol. The zero-order chi connectivity index (χ0) is 19.4. The number of hydrogen-bond donors (Lipinski definition) is 2. The smallest absolute Gasteiger partial charge is 0.306 e. The van der Waals surface area contributed by atoms with Crippen LogP contribution in [0.25, 0.3) is 0 Å². The molecule has 1 amide bonds. The average Bonchev–Trinajstić information content (AvgIpc) is 2.69. The van der Waals surface area contributed by atoms with Gasteiger partial charge < -0.3 is 15.2 Å². The highest BCUT2D eigenvalue weighted by molar-refractivity contribution is 5.95. The monoisotopic (exact) mass is 408 g/mol. The molecule has 0 aromatic heterocycles. The van der Waals surface area contributed by atoms with E-state index in [-0.39, 0.29) is 35.6 Å². The van der Waals surface area contributed by atoms with Crippen LogP contribution in [-0.4, -0.2) is 46.4 Å². The molecule has 0 radical (unpaired) electrons. The van der Waals surface area contributed by atoms with Gasteiger partial charge in [-0.15, -0.1) is 12.4 Å². The van der Waals surface area contributed by atoms with Crippen LogP contribution < -0.4 is 0 Å². The summed E-state index contributed by atoms with van der Waals surface area (Å²) in [6, 6.07) is 7.07. The highest BCUT2D eigenvalue weighted by atomic mass is 35.5. The fourth-order valence-corrected chi connectivity index (χ4v) is 4.60. The molecule has 1 spiro atoms. The first-order valence-corrected chi connectivity index (χ1v) is 9.74. The zero-order valence-electron chi connectivity index (χ0n) is 16.2. The number of piperidine rings is 1. The number of nitrogens with zero attached hydrogens (tertiary/aromatic N) is 2. The summed E-state index contributed by atoms with van der Waals surface area (Å²) in [6.07, 6.45) is 7.45. The number of halogens is 1. The zero-order valence-corrected chi connectivity index (χ0v) is 17.0. The van der Waals surface area contributed by atoms with Gasteiger partial charge in [0.2, 0.25) is 0 Å². The summed E-state index contributed by atoms with van der Waals surface area (Å²) in [6.45, 7) is 3.35. The van der Waals surface area contributed by atoms with Crippen molar-refractivity contribution in [3.05, 3.63) is 35.4 Å². The van der Waals surface area contributed by atoms with Crippen molar-refractivity contribution in [3.63, 3.8) is 0 Å². The molecule has 1 aromatic carbocycles. The lowest BCUT2D eigenvalue weighted by atomic mass is 9.63. The molecule has 1 saturated heterocycles. The van der Waals surface area contributed by atoms with E-state index in [1.54, 1.807) is 24.3 Å². The van der Waals surface area contributed by atoms with Crippen LogP contribution in [0.5, 0.6) is 0 Å². The maximum Gasteiger partial charge on any atom is 0.306 e. The lowest BCUT2D eigenvalue weighted by Gasteiger charge is -2.46. The summed E-state index contributed by atoms with van der Waals surface area (Å²) in [5.41, 5.74) is 1.69. The number of amides is 1. The van der Waals surface area contributed by atoms with Gasteiger partial charge in [0.1, 0.15) is 0 Å². The van der Waals surface area contributed by atoms with E-state index in [0.717, 1.165) is 57.2 Å². The Labute approximate surface area is 172 Å². The second kappa shape index (κ2) is 9.41. The number of carbonyl (C=O) groups is 2. The van der Waals surface area contributed by atoms with Crippen molar-refractivity contribution in [2.45, 2.75) is 45.4 Å². The largest absolute Gasteiger partial charge is 0.481 e. The Balaban J connectivity index is 0.00000280. The molecule has 1 aromatic rings. The summed E-state index contributed by atoms with van der Waals surface area (Å²) < 4.78 is 0. The van der Waals surface area contributed by atoms with Crippen molar-refractivity contribution in [1.82, 2.24) is 4.90 Å².